The van der Waals surface area contributed by atoms with Gasteiger partial charge in [-0.05, 0) is 58.4 Å². The van der Waals surface area contributed by atoms with Gasteiger partial charge in [0.1, 0.15) is 5.75 Å². The largest absolute Gasteiger partial charge is 0.491 e. The van der Waals surface area contributed by atoms with Crippen LogP contribution in [-0.4, -0.2) is 35.2 Å². The molecule has 0 saturated heterocycles. The second-order valence-corrected chi connectivity index (χ2v) is 5.84. The average Bonchev–Trinajstić information content (AvgIpc) is 2.38. The lowest BCUT2D eigenvalue weighted by Crippen LogP contribution is -2.35. The molecule has 1 rings (SSSR count). The molecular weight excluding hydrogens is 250 g/mol. The molecule has 1 unspecified atom stereocenters. The molecule has 1 N–H and O–H groups in total. The van der Waals surface area contributed by atoms with Gasteiger partial charge in [0, 0.05) is 12.6 Å². The molecule has 1 aromatic rings. The molecule has 0 aromatic heterocycles. The lowest BCUT2D eigenvalue weighted by molar-refractivity contribution is 0.0955. The van der Waals surface area contributed by atoms with Gasteiger partial charge in [0.25, 0.3) is 0 Å². The maximum Gasteiger partial charge on any atom is 0.119 e. The van der Waals surface area contributed by atoms with Crippen molar-refractivity contribution in [3.8, 4) is 5.75 Å². The highest BCUT2D eigenvalue weighted by Crippen LogP contribution is 2.20. The van der Waals surface area contributed by atoms with Crippen molar-refractivity contribution in [1.29, 1.82) is 0 Å². The van der Waals surface area contributed by atoms with E-state index in [1.807, 2.05) is 38.1 Å². The third kappa shape index (κ3) is 5.51. The van der Waals surface area contributed by atoms with Crippen molar-refractivity contribution in [2.75, 3.05) is 13.1 Å². The summed E-state index contributed by atoms with van der Waals surface area (Å²) in [6.45, 7) is 12.2. The second-order valence-electron chi connectivity index (χ2n) is 5.84. The second kappa shape index (κ2) is 8.28. The molecule has 0 aliphatic heterocycles. The Kier molecular flexibility index (Phi) is 7.03. The summed E-state index contributed by atoms with van der Waals surface area (Å²) >= 11 is 0. The highest BCUT2D eigenvalue weighted by Gasteiger charge is 2.15. The summed E-state index contributed by atoms with van der Waals surface area (Å²) in [5.74, 6) is 0.852. The molecule has 0 amide bonds. The zero-order valence-corrected chi connectivity index (χ0v) is 13.5. The molecule has 0 heterocycles. The monoisotopic (exact) mass is 279 g/mol. The van der Waals surface area contributed by atoms with E-state index in [9.17, 15) is 5.11 Å². The summed E-state index contributed by atoms with van der Waals surface area (Å²) in [4.78, 5) is 2.31. The van der Waals surface area contributed by atoms with Gasteiger partial charge in [0.2, 0.25) is 0 Å². The number of hydrogen-bond donors (Lipinski definition) is 1. The van der Waals surface area contributed by atoms with Crippen LogP contribution in [-0.2, 0) is 0 Å². The van der Waals surface area contributed by atoms with Gasteiger partial charge in [-0.15, -0.1) is 0 Å². The minimum absolute atomic E-state index is 0.173. The highest BCUT2D eigenvalue weighted by atomic mass is 16.5. The molecule has 0 fully saturated rings. The molecule has 114 valence electrons. The Balaban J connectivity index is 2.64. The molecule has 1 aromatic carbocycles. The number of aliphatic hydroxyl groups is 1. The normalized spacial score (nSPS) is 13.2. The Hall–Kier alpha value is -1.06. The SMILES string of the molecule is CCCN(CC(O)c1ccc(OC(C)C)cc1)C(C)C. The Labute approximate surface area is 123 Å². The molecule has 20 heavy (non-hydrogen) atoms. The van der Waals surface area contributed by atoms with Crippen LogP contribution in [0, 0.1) is 0 Å². The van der Waals surface area contributed by atoms with Crippen LogP contribution in [0.25, 0.3) is 0 Å². The van der Waals surface area contributed by atoms with Gasteiger partial charge < -0.3 is 9.84 Å². The Morgan fingerprint density at radius 1 is 1.10 bits per heavy atom. The third-order valence-electron chi connectivity index (χ3n) is 3.29. The van der Waals surface area contributed by atoms with Crippen LogP contribution in [0.15, 0.2) is 24.3 Å². The van der Waals surface area contributed by atoms with Gasteiger partial charge in [-0.25, -0.2) is 0 Å². The Bertz CT molecular complexity index is 373. The van der Waals surface area contributed by atoms with E-state index in [4.69, 9.17) is 4.74 Å². The maximum atomic E-state index is 10.4. The van der Waals surface area contributed by atoms with Gasteiger partial charge in [-0.2, -0.15) is 0 Å². The van der Waals surface area contributed by atoms with Crippen LogP contribution in [0.2, 0.25) is 0 Å². The molecular formula is C17H29NO2. The van der Waals surface area contributed by atoms with E-state index >= 15 is 0 Å². The molecule has 1 atom stereocenters. The minimum atomic E-state index is -0.447. The fourth-order valence-electron chi connectivity index (χ4n) is 2.22. The standard InChI is InChI=1S/C17H29NO2/c1-6-11-18(13(2)3)12-17(19)15-7-9-16(10-8-15)20-14(4)5/h7-10,13-14,17,19H,6,11-12H2,1-5H3. The lowest BCUT2D eigenvalue weighted by atomic mass is 10.1. The Morgan fingerprint density at radius 2 is 1.70 bits per heavy atom. The van der Waals surface area contributed by atoms with E-state index in [-0.39, 0.29) is 6.10 Å². The summed E-state index contributed by atoms with van der Waals surface area (Å²) in [5, 5.41) is 10.4. The van der Waals surface area contributed by atoms with Crippen molar-refractivity contribution in [2.24, 2.45) is 0 Å². The lowest BCUT2D eigenvalue weighted by Gasteiger charge is -2.28. The van der Waals surface area contributed by atoms with Crippen LogP contribution in [0.3, 0.4) is 0 Å². The molecule has 3 heteroatoms. The van der Waals surface area contributed by atoms with Crippen LogP contribution in [0.5, 0.6) is 5.75 Å². The Morgan fingerprint density at radius 3 is 2.15 bits per heavy atom. The van der Waals surface area contributed by atoms with Crippen LogP contribution in [0.4, 0.5) is 0 Å². The summed E-state index contributed by atoms with van der Waals surface area (Å²) in [5.41, 5.74) is 0.947. The van der Waals surface area contributed by atoms with Crippen LogP contribution in [0.1, 0.15) is 52.7 Å². The fraction of sp³-hybridized carbons (Fsp3) is 0.647. The van der Waals surface area contributed by atoms with Gasteiger partial charge >= 0.3 is 0 Å². The number of nitrogens with zero attached hydrogens (tertiary/aromatic N) is 1. The highest BCUT2D eigenvalue weighted by molar-refractivity contribution is 5.28. The fourth-order valence-corrected chi connectivity index (χ4v) is 2.22. The first-order valence-electron chi connectivity index (χ1n) is 7.62. The summed E-state index contributed by atoms with van der Waals surface area (Å²) in [7, 11) is 0. The zero-order valence-electron chi connectivity index (χ0n) is 13.5. The molecule has 0 radical (unpaired) electrons. The maximum absolute atomic E-state index is 10.4. The number of rotatable bonds is 8. The van der Waals surface area contributed by atoms with Crippen LogP contribution >= 0.6 is 0 Å². The number of ether oxygens (including phenoxy) is 1. The van der Waals surface area contributed by atoms with E-state index in [2.05, 4.69) is 25.7 Å². The zero-order chi connectivity index (χ0) is 15.1. The summed E-state index contributed by atoms with van der Waals surface area (Å²) in [6.07, 6.45) is 0.829. The first-order valence-corrected chi connectivity index (χ1v) is 7.62. The van der Waals surface area contributed by atoms with Crippen molar-refractivity contribution < 1.29 is 9.84 Å². The van der Waals surface area contributed by atoms with E-state index < -0.39 is 6.10 Å². The van der Waals surface area contributed by atoms with E-state index in [0.717, 1.165) is 24.3 Å². The molecule has 3 nitrogen and oxygen atoms in total. The number of hydrogen-bond acceptors (Lipinski definition) is 3. The molecule has 0 aliphatic carbocycles. The predicted molar refractivity (Wildman–Crippen MR) is 84.2 cm³/mol. The quantitative estimate of drug-likeness (QED) is 0.789. The summed E-state index contributed by atoms with van der Waals surface area (Å²) < 4.78 is 5.61. The van der Waals surface area contributed by atoms with Crippen molar-refractivity contribution in [3.05, 3.63) is 29.8 Å². The third-order valence-corrected chi connectivity index (χ3v) is 3.29. The summed E-state index contributed by atoms with van der Waals surface area (Å²) in [6, 6.07) is 8.21. The van der Waals surface area contributed by atoms with Gasteiger partial charge in [0.15, 0.2) is 0 Å². The number of benzene rings is 1. The molecule has 0 spiro atoms. The van der Waals surface area contributed by atoms with E-state index in [1.165, 1.54) is 0 Å². The van der Waals surface area contributed by atoms with Crippen molar-refractivity contribution in [3.63, 3.8) is 0 Å². The molecule has 0 aliphatic rings. The van der Waals surface area contributed by atoms with Crippen molar-refractivity contribution >= 4 is 0 Å². The van der Waals surface area contributed by atoms with E-state index in [1.54, 1.807) is 0 Å². The first-order chi connectivity index (χ1) is 9.43. The van der Waals surface area contributed by atoms with Crippen molar-refractivity contribution in [1.82, 2.24) is 4.90 Å². The van der Waals surface area contributed by atoms with Gasteiger partial charge in [-0.3, -0.25) is 4.90 Å². The average molecular weight is 279 g/mol. The molecule has 0 bridgehead atoms. The van der Waals surface area contributed by atoms with Gasteiger partial charge in [-0.1, -0.05) is 19.1 Å². The topological polar surface area (TPSA) is 32.7 Å². The first kappa shape index (κ1) is 17.0. The van der Waals surface area contributed by atoms with Gasteiger partial charge in [0.05, 0.1) is 12.2 Å². The smallest absolute Gasteiger partial charge is 0.119 e. The number of aliphatic hydroxyl groups excluding tert-OH is 1. The minimum Gasteiger partial charge on any atom is -0.491 e. The van der Waals surface area contributed by atoms with Crippen molar-refractivity contribution in [2.45, 2.75) is 59.3 Å². The molecule has 0 saturated carbocycles. The van der Waals surface area contributed by atoms with E-state index in [0.29, 0.717) is 12.6 Å². The van der Waals surface area contributed by atoms with Crippen LogP contribution < -0.4 is 4.74 Å². The predicted octanol–water partition coefficient (Wildman–Crippen LogP) is 3.63.